The molecule has 0 aromatic carbocycles. The molecule has 120 valence electrons. The number of hydrogen-bond donors (Lipinski definition) is 0. The zero-order valence-corrected chi connectivity index (χ0v) is 15.5. The topological polar surface area (TPSA) is 29.5 Å². The Morgan fingerprint density at radius 2 is 1.95 bits per heavy atom. The molecule has 0 amide bonds. The van der Waals surface area contributed by atoms with Gasteiger partial charge in [0.15, 0.2) is 8.32 Å². The third-order valence-corrected chi connectivity index (χ3v) is 10.6. The van der Waals surface area contributed by atoms with E-state index < -0.39 is 8.32 Å². The Labute approximate surface area is 132 Å². The molecule has 2 unspecified atom stereocenters. The average Bonchev–Trinajstić information content (AvgIpc) is 2.73. The highest BCUT2D eigenvalue weighted by Crippen LogP contribution is 2.42. The van der Waals surface area contributed by atoms with Gasteiger partial charge in [0.25, 0.3) is 7.41 Å². The van der Waals surface area contributed by atoms with Gasteiger partial charge in [-0.1, -0.05) is 33.6 Å². The lowest BCUT2D eigenvalue weighted by Crippen LogP contribution is -2.47. The van der Waals surface area contributed by atoms with Crippen molar-refractivity contribution in [3.8, 4) is 0 Å². The van der Waals surface area contributed by atoms with Gasteiger partial charge in [-0.2, -0.15) is 0 Å². The molecular formula is C16H32BNO2Si. The van der Waals surface area contributed by atoms with Crippen LogP contribution in [0.15, 0.2) is 0 Å². The fraction of sp³-hybridized carbons (Fsp3) is 0.938. The highest BCUT2D eigenvalue weighted by Gasteiger charge is 2.44. The number of rotatable bonds is 5. The molecule has 0 aromatic heterocycles. The summed E-state index contributed by atoms with van der Waals surface area (Å²) in [5.41, 5.74) is 0. The van der Waals surface area contributed by atoms with Crippen LogP contribution in [0.4, 0.5) is 0 Å². The maximum absolute atomic E-state index is 11.0. The lowest BCUT2D eigenvalue weighted by atomic mass is 9.78. The standard InChI is InChI=1S/C16H32BNO2Si/c1-16(2,3)21(4,5)20-11-15-14-9-7-6-8-13(14)10-18(15)17-12-19/h12-15,17H,6-11H2,1-5H3/t13?,14?,15-/m1/s1. The van der Waals surface area contributed by atoms with E-state index in [9.17, 15) is 4.79 Å². The zero-order valence-electron chi connectivity index (χ0n) is 14.5. The second-order valence-corrected chi connectivity index (χ2v) is 13.3. The Morgan fingerprint density at radius 1 is 1.29 bits per heavy atom. The minimum Gasteiger partial charge on any atom is -0.415 e. The Balaban J connectivity index is 2.02. The van der Waals surface area contributed by atoms with Gasteiger partial charge in [0, 0.05) is 12.6 Å². The molecule has 0 radical (unpaired) electrons. The first-order valence-electron chi connectivity index (χ1n) is 8.58. The van der Waals surface area contributed by atoms with E-state index in [0.29, 0.717) is 13.5 Å². The molecule has 0 spiro atoms. The van der Waals surface area contributed by atoms with Crippen LogP contribution in [-0.2, 0) is 9.22 Å². The van der Waals surface area contributed by atoms with E-state index in [2.05, 4.69) is 38.7 Å². The summed E-state index contributed by atoms with van der Waals surface area (Å²) in [6.45, 7) is 13.5. The summed E-state index contributed by atoms with van der Waals surface area (Å²) < 4.78 is 6.48. The minimum atomic E-state index is -1.70. The van der Waals surface area contributed by atoms with E-state index in [0.717, 1.165) is 31.2 Å². The van der Waals surface area contributed by atoms with Gasteiger partial charge in [-0.15, -0.1) is 0 Å². The molecule has 1 saturated carbocycles. The van der Waals surface area contributed by atoms with Crippen molar-refractivity contribution < 1.29 is 9.22 Å². The van der Waals surface area contributed by atoms with Gasteiger partial charge in [0.1, 0.15) is 0 Å². The van der Waals surface area contributed by atoms with E-state index >= 15 is 0 Å². The van der Waals surface area contributed by atoms with Crippen molar-refractivity contribution in [2.24, 2.45) is 11.8 Å². The van der Waals surface area contributed by atoms with Crippen molar-refractivity contribution in [2.75, 3.05) is 13.2 Å². The van der Waals surface area contributed by atoms with Crippen LogP contribution in [0.5, 0.6) is 0 Å². The van der Waals surface area contributed by atoms with Crippen LogP contribution in [0.25, 0.3) is 0 Å². The van der Waals surface area contributed by atoms with Crippen LogP contribution in [0.2, 0.25) is 18.1 Å². The van der Waals surface area contributed by atoms with Gasteiger partial charge >= 0.3 is 0 Å². The predicted molar refractivity (Wildman–Crippen MR) is 93.0 cm³/mol. The largest absolute Gasteiger partial charge is 0.415 e. The van der Waals surface area contributed by atoms with Crippen LogP contribution in [0.3, 0.4) is 0 Å². The number of carbonyl (C=O) groups is 1. The fourth-order valence-electron chi connectivity index (χ4n) is 3.72. The van der Waals surface area contributed by atoms with Crippen molar-refractivity contribution in [2.45, 2.75) is 70.6 Å². The molecule has 1 saturated heterocycles. The number of carbonyl (C=O) groups excluding carboxylic acids is 1. The van der Waals surface area contributed by atoms with Gasteiger partial charge in [-0.3, -0.25) is 0 Å². The van der Waals surface area contributed by atoms with Crippen molar-refractivity contribution in [3.63, 3.8) is 0 Å². The van der Waals surface area contributed by atoms with E-state index in [-0.39, 0.29) is 5.04 Å². The molecule has 2 fully saturated rings. The van der Waals surface area contributed by atoms with Crippen molar-refractivity contribution in [1.29, 1.82) is 0 Å². The van der Waals surface area contributed by atoms with Crippen molar-refractivity contribution in [1.82, 2.24) is 4.81 Å². The van der Waals surface area contributed by atoms with Gasteiger partial charge in [0.2, 0.25) is 0 Å². The van der Waals surface area contributed by atoms with Crippen LogP contribution in [0.1, 0.15) is 46.5 Å². The average molecular weight is 309 g/mol. The van der Waals surface area contributed by atoms with Crippen LogP contribution < -0.4 is 0 Å². The number of fused-ring (bicyclic) bond motifs is 1. The van der Waals surface area contributed by atoms with Gasteiger partial charge < -0.3 is 14.0 Å². The molecule has 1 heterocycles. The quantitative estimate of drug-likeness (QED) is 0.577. The Bertz CT molecular complexity index is 370. The van der Waals surface area contributed by atoms with Crippen LogP contribution >= 0.6 is 0 Å². The van der Waals surface area contributed by atoms with Crippen molar-refractivity contribution >= 4 is 21.9 Å². The lowest BCUT2D eigenvalue weighted by Gasteiger charge is -2.39. The minimum absolute atomic E-state index is 0.257. The predicted octanol–water partition coefficient (Wildman–Crippen LogP) is 3.04. The molecule has 3 atom stereocenters. The van der Waals surface area contributed by atoms with Crippen molar-refractivity contribution in [3.05, 3.63) is 0 Å². The summed E-state index contributed by atoms with van der Waals surface area (Å²) in [5, 5.41) is 0.257. The first kappa shape index (κ1) is 17.2. The molecule has 0 bridgehead atoms. The Hall–Kier alpha value is -0.128. The summed E-state index contributed by atoms with van der Waals surface area (Å²) in [5.74, 6) is 1.55. The first-order valence-corrected chi connectivity index (χ1v) is 11.5. The third kappa shape index (κ3) is 3.80. The van der Waals surface area contributed by atoms with E-state index in [1.54, 1.807) is 0 Å². The molecule has 0 N–H and O–H groups in total. The Kier molecular flexibility index (Phi) is 5.37. The molecule has 5 heteroatoms. The highest BCUT2D eigenvalue weighted by atomic mass is 28.4. The summed E-state index contributed by atoms with van der Waals surface area (Å²) in [4.78, 5) is 13.4. The molecule has 2 rings (SSSR count). The molecule has 3 nitrogen and oxygen atoms in total. The molecule has 0 aromatic rings. The molecular weight excluding hydrogens is 277 g/mol. The maximum atomic E-state index is 11.0. The summed E-state index contributed by atoms with van der Waals surface area (Å²) >= 11 is 0. The van der Waals surface area contributed by atoms with Crippen LogP contribution in [-0.4, -0.2) is 45.9 Å². The third-order valence-electron chi connectivity index (χ3n) is 6.13. The summed E-state index contributed by atoms with van der Waals surface area (Å²) in [6.07, 6.45) is 6.46. The summed E-state index contributed by atoms with van der Waals surface area (Å²) in [6, 6.07) is 0.467. The smallest absolute Gasteiger partial charge is 0.281 e. The summed E-state index contributed by atoms with van der Waals surface area (Å²) in [7, 11) is -1.11. The van der Waals surface area contributed by atoms with E-state index in [1.165, 1.54) is 25.7 Å². The van der Waals surface area contributed by atoms with E-state index in [4.69, 9.17) is 4.43 Å². The van der Waals surface area contributed by atoms with E-state index in [1.807, 2.05) is 0 Å². The van der Waals surface area contributed by atoms with Gasteiger partial charge in [0.05, 0.1) is 6.19 Å². The molecule has 21 heavy (non-hydrogen) atoms. The number of hydrogen-bond acceptors (Lipinski definition) is 3. The second kappa shape index (κ2) is 6.55. The molecule has 1 aliphatic carbocycles. The molecule has 2 aliphatic rings. The van der Waals surface area contributed by atoms with Gasteiger partial charge in [-0.05, 0) is 49.4 Å². The Morgan fingerprint density at radius 3 is 2.57 bits per heavy atom. The number of nitrogens with zero attached hydrogens (tertiary/aromatic N) is 1. The SMILES string of the molecule is CC(C)(C)[Si](C)(C)OC[C@@H]1C2CCCCC2CN1BC=O. The monoisotopic (exact) mass is 309 g/mol. The fourth-order valence-corrected chi connectivity index (χ4v) is 4.74. The first-order chi connectivity index (χ1) is 9.76. The maximum Gasteiger partial charge on any atom is 0.281 e. The van der Waals surface area contributed by atoms with Crippen LogP contribution in [0, 0.1) is 11.8 Å². The second-order valence-electron chi connectivity index (χ2n) is 8.47. The zero-order chi connectivity index (χ0) is 15.7. The molecule has 1 aliphatic heterocycles. The lowest BCUT2D eigenvalue weighted by molar-refractivity contribution is 0.168. The highest BCUT2D eigenvalue weighted by molar-refractivity contribution is 6.74. The normalized spacial score (nSPS) is 31.0. The van der Waals surface area contributed by atoms with Gasteiger partial charge in [-0.25, -0.2) is 0 Å².